The Hall–Kier alpha value is -1.24. The van der Waals surface area contributed by atoms with E-state index in [0.29, 0.717) is 0 Å². The van der Waals surface area contributed by atoms with Gasteiger partial charge >= 0.3 is 0 Å². The van der Waals surface area contributed by atoms with E-state index in [1.54, 1.807) is 0 Å². The SMILES string of the molecule is [CH2]c1ccn2ccccc12. The lowest BCUT2D eigenvalue weighted by atomic mass is 10.3. The summed E-state index contributed by atoms with van der Waals surface area (Å²) in [6.45, 7) is 3.89. The molecule has 0 atom stereocenters. The summed E-state index contributed by atoms with van der Waals surface area (Å²) in [5.74, 6) is 0. The van der Waals surface area contributed by atoms with Gasteiger partial charge in [0, 0.05) is 17.9 Å². The van der Waals surface area contributed by atoms with E-state index in [-0.39, 0.29) is 0 Å². The average molecular weight is 130 g/mol. The minimum Gasteiger partial charge on any atom is -0.324 e. The molecule has 2 heterocycles. The van der Waals surface area contributed by atoms with Crippen LogP contribution in [-0.2, 0) is 0 Å². The molecule has 2 aromatic rings. The summed E-state index contributed by atoms with van der Waals surface area (Å²) in [6.07, 6.45) is 4.03. The molecule has 0 aliphatic rings. The molecule has 10 heavy (non-hydrogen) atoms. The number of hydrogen-bond acceptors (Lipinski definition) is 0. The number of rotatable bonds is 0. The Bertz CT molecular complexity index is 346. The molecule has 0 aliphatic heterocycles. The van der Waals surface area contributed by atoms with Crippen LogP contribution in [-0.4, -0.2) is 4.40 Å². The Morgan fingerprint density at radius 2 is 2.00 bits per heavy atom. The molecule has 0 saturated carbocycles. The number of fused-ring (bicyclic) bond motifs is 1. The summed E-state index contributed by atoms with van der Waals surface area (Å²) in [4.78, 5) is 0. The minimum atomic E-state index is 1.08. The topological polar surface area (TPSA) is 4.41 Å². The predicted molar refractivity (Wildman–Crippen MR) is 41.9 cm³/mol. The lowest BCUT2D eigenvalue weighted by Crippen LogP contribution is -1.78. The second-order valence-corrected chi connectivity index (χ2v) is 2.33. The molecule has 49 valence electrons. The molecule has 0 unspecified atom stereocenters. The van der Waals surface area contributed by atoms with E-state index in [9.17, 15) is 0 Å². The van der Waals surface area contributed by atoms with Crippen molar-refractivity contribution in [3.63, 3.8) is 0 Å². The highest BCUT2D eigenvalue weighted by Gasteiger charge is 1.92. The van der Waals surface area contributed by atoms with Crippen molar-refractivity contribution >= 4 is 5.52 Å². The third-order valence-electron chi connectivity index (χ3n) is 1.66. The van der Waals surface area contributed by atoms with Crippen LogP contribution >= 0.6 is 0 Å². The van der Waals surface area contributed by atoms with Crippen molar-refractivity contribution in [3.05, 3.63) is 49.1 Å². The summed E-state index contributed by atoms with van der Waals surface area (Å²) >= 11 is 0. The fourth-order valence-electron chi connectivity index (χ4n) is 1.11. The quantitative estimate of drug-likeness (QED) is 0.514. The Morgan fingerprint density at radius 1 is 1.10 bits per heavy atom. The largest absolute Gasteiger partial charge is 0.324 e. The molecule has 1 heteroatoms. The van der Waals surface area contributed by atoms with E-state index >= 15 is 0 Å². The second kappa shape index (κ2) is 1.87. The van der Waals surface area contributed by atoms with Gasteiger partial charge in [-0.3, -0.25) is 0 Å². The third-order valence-corrected chi connectivity index (χ3v) is 1.66. The number of pyridine rings is 1. The normalized spacial score (nSPS) is 10.5. The van der Waals surface area contributed by atoms with Crippen molar-refractivity contribution in [1.29, 1.82) is 0 Å². The van der Waals surface area contributed by atoms with E-state index in [1.807, 2.05) is 30.6 Å². The first-order valence-electron chi connectivity index (χ1n) is 3.25. The van der Waals surface area contributed by atoms with E-state index in [0.717, 1.165) is 5.56 Å². The van der Waals surface area contributed by atoms with Gasteiger partial charge in [-0.25, -0.2) is 0 Å². The van der Waals surface area contributed by atoms with E-state index in [4.69, 9.17) is 0 Å². The van der Waals surface area contributed by atoms with Gasteiger partial charge in [0.2, 0.25) is 0 Å². The smallest absolute Gasteiger partial charge is 0.0481 e. The summed E-state index contributed by atoms with van der Waals surface area (Å²) in [5.41, 5.74) is 2.27. The highest BCUT2D eigenvalue weighted by molar-refractivity contribution is 5.56. The molecule has 0 spiro atoms. The molecule has 2 aromatic heterocycles. The highest BCUT2D eigenvalue weighted by Crippen LogP contribution is 2.09. The van der Waals surface area contributed by atoms with Gasteiger partial charge in [0.15, 0.2) is 0 Å². The maximum Gasteiger partial charge on any atom is 0.0481 e. The van der Waals surface area contributed by atoms with Crippen molar-refractivity contribution in [2.45, 2.75) is 0 Å². The molecular weight excluding hydrogens is 122 g/mol. The molecule has 2 rings (SSSR count). The van der Waals surface area contributed by atoms with Crippen LogP contribution in [0.4, 0.5) is 0 Å². The molecule has 0 saturated heterocycles. The Morgan fingerprint density at radius 3 is 2.80 bits per heavy atom. The number of nitrogens with zero attached hydrogens (tertiary/aromatic N) is 1. The van der Waals surface area contributed by atoms with Gasteiger partial charge in [-0.05, 0) is 30.7 Å². The van der Waals surface area contributed by atoms with Crippen molar-refractivity contribution in [2.75, 3.05) is 0 Å². The van der Waals surface area contributed by atoms with Gasteiger partial charge in [0.05, 0.1) is 0 Å². The Balaban J connectivity index is 2.93. The molecule has 1 radical (unpaired) electrons. The van der Waals surface area contributed by atoms with Crippen LogP contribution in [0.2, 0.25) is 0 Å². The fraction of sp³-hybridized carbons (Fsp3) is 0. The molecule has 0 aliphatic carbocycles. The van der Waals surface area contributed by atoms with Crippen molar-refractivity contribution in [1.82, 2.24) is 4.40 Å². The van der Waals surface area contributed by atoms with Crippen molar-refractivity contribution in [3.8, 4) is 0 Å². The summed E-state index contributed by atoms with van der Waals surface area (Å²) < 4.78 is 2.06. The van der Waals surface area contributed by atoms with Crippen LogP contribution in [0.15, 0.2) is 36.7 Å². The maximum absolute atomic E-state index is 3.89. The zero-order valence-corrected chi connectivity index (χ0v) is 5.62. The van der Waals surface area contributed by atoms with Crippen LogP contribution in [0.1, 0.15) is 5.56 Å². The van der Waals surface area contributed by atoms with Gasteiger partial charge in [-0.1, -0.05) is 6.07 Å². The maximum atomic E-state index is 3.89. The van der Waals surface area contributed by atoms with Crippen LogP contribution < -0.4 is 0 Å². The van der Waals surface area contributed by atoms with Gasteiger partial charge in [-0.15, -0.1) is 0 Å². The summed E-state index contributed by atoms with van der Waals surface area (Å²) in [5, 5.41) is 0. The lowest BCUT2D eigenvalue weighted by Gasteiger charge is -1.91. The van der Waals surface area contributed by atoms with Gasteiger partial charge in [-0.2, -0.15) is 0 Å². The first-order chi connectivity index (χ1) is 4.88. The monoisotopic (exact) mass is 130 g/mol. The molecule has 0 bridgehead atoms. The van der Waals surface area contributed by atoms with E-state index < -0.39 is 0 Å². The van der Waals surface area contributed by atoms with Gasteiger partial charge in [0.1, 0.15) is 0 Å². The second-order valence-electron chi connectivity index (χ2n) is 2.33. The molecule has 0 amide bonds. The van der Waals surface area contributed by atoms with E-state index in [1.165, 1.54) is 5.52 Å². The molecular formula is C9H8N. The first-order valence-corrected chi connectivity index (χ1v) is 3.25. The third kappa shape index (κ3) is 0.637. The average Bonchev–Trinajstić information content (AvgIpc) is 2.34. The van der Waals surface area contributed by atoms with Crippen molar-refractivity contribution < 1.29 is 0 Å². The molecule has 0 N–H and O–H groups in total. The molecule has 0 aromatic carbocycles. The van der Waals surface area contributed by atoms with Crippen molar-refractivity contribution in [2.24, 2.45) is 0 Å². The van der Waals surface area contributed by atoms with Crippen LogP contribution in [0.5, 0.6) is 0 Å². The van der Waals surface area contributed by atoms with Crippen LogP contribution in [0.3, 0.4) is 0 Å². The van der Waals surface area contributed by atoms with Crippen LogP contribution in [0.25, 0.3) is 5.52 Å². The highest BCUT2D eigenvalue weighted by atomic mass is 14.8. The zero-order valence-electron chi connectivity index (χ0n) is 5.62. The number of aromatic nitrogens is 1. The summed E-state index contributed by atoms with van der Waals surface area (Å²) in [6, 6.07) is 8.09. The first kappa shape index (κ1) is 5.54. The van der Waals surface area contributed by atoms with E-state index in [2.05, 4.69) is 17.4 Å². The zero-order chi connectivity index (χ0) is 6.97. The Labute approximate surface area is 59.9 Å². The van der Waals surface area contributed by atoms with Crippen LogP contribution in [0, 0.1) is 6.92 Å². The summed E-state index contributed by atoms with van der Waals surface area (Å²) in [7, 11) is 0. The molecule has 1 nitrogen and oxygen atoms in total. The molecule has 0 fully saturated rings. The standard InChI is InChI=1S/C9H8N/c1-8-5-7-10-6-3-2-4-9(8)10/h2-7H,1H2. The fourth-order valence-corrected chi connectivity index (χ4v) is 1.11. The minimum absolute atomic E-state index is 1.08. The van der Waals surface area contributed by atoms with Gasteiger partial charge in [0.25, 0.3) is 0 Å². The predicted octanol–water partition coefficient (Wildman–Crippen LogP) is 2.12. The Kier molecular flexibility index (Phi) is 1.04. The number of hydrogen-bond donors (Lipinski definition) is 0. The lowest BCUT2D eigenvalue weighted by molar-refractivity contribution is 1.20. The van der Waals surface area contributed by atoms with Gasteiger partial charge < -0.3 is 4.40 Å².